The Labute approximate surface area is 155 Å². The molecule has 1 N–H and O–H groups in total. The molecular weight excluding hydrogens is 354 g/mol. The maximum Gasteiger partial charge on any atom is 0.276 e. The van der Waals surface area contributed by atoms with Crippen LogP contribution in [0.15, 0.2) is 47.5 Å². The van der Waals surface area contributed by atoms with Crippen molar-refractivity contribution in [2.24, 2.45) is 0 Å². The van der Waals surface area contributed by atoms with Crippen LogP contribution in [0.5, 0.6) is 0 Å². The summed E-state index contributed by atoms with van der Waals surface area (Å²) in [5.41, 5.74) is 1.68. The fourth-order valence-corrected chi connectivity index (χ4v) is 3.03. The minimum atomic E-state index is -0.370. The third-order valence-corrected chi connectivity index (χ3v) is 4.47. The van der Waals surface area contributed by atoms with Crippen molar-refractivity contribution in [1.29, 1.82) is 0 Å². The van der Waals surface area contributed by atoms with Crippen LogP contribution in [0.2, 0.25) is 5.02 Å². The molecule has 8 heteroatoms. The van der Waals surface area contributed by atoms with Gasteiger partial charge < -0.3 is 14.6 Å². The van der Waals surface area contributed by atoms with E-state index in [2.05, 4.69) is 25.2 Å². The molecule has 0 atom stereocenters. The van der Waals surface area contributed by atoms with Gasteiger partial charge in [-0.2, -0.15) is 0 Å². The average molecular weight is 370 g/mol. The molecule has 0 aliphatic carbocycles. The summed E-state index contributed by atoms with van der Waals surface area (Å²) in [6.45, 7) is 1.79. The standard InChI is InChI=1S/C18H16ClN5O2/c19-14-9-21-18(24-7-1-2-8-24)23-16(14)17(25)22-13-5-3-12(4-6-13)15-10-20-11-26-15/h3-6,9-11H,1-2,7-8H2,(H,22,25). The molecule has 0 spiro atoms. The third kappa shape index (κ3) is 3.39. The molecule has 0 bridgehead atoms. The van der Waals surface area contributed by atoms with Gasteiger partial charge in [0.05, 0.1) is 17.4 Å². The van der Waals surface area contributed by atoms with Crippen LogP contribution in [0.4, 0.5) is 11.6 Å². The number of nitrogens with zero attached hydrogens (tertiary/aromatic N) is 4. The van der Waals surface area contributed by atoms with Gasteiger partial charge in [-0.3, -0.25) is 4.79 Å². The van der Waals surface area contributed by atoms with Crippen LogP contribution < -0.4 is 10.2 Å². The molecule has 2 aromatic heterocycles. The van der Waals surface area contributed by atoms with E-state index in [4.69, 9.17) is 16.0 Å². The average Bonchev–Trinajstić information content (AvgIpc) is 3.37. The normalized spacial score (nSPS) is 13.8. The zero-order valence-electron chi connectivity index (χ0n) is 13.9. The second-order valence-electron chi connectivity index (χ2n) is 5.96. The highest BCUT2D eigenvalue weighted by molar-refractivity contribution is 6.34. The summed E-state index contributed by atoms with van der Waals surface area (Å²) in [7, 11) is 0. The molecule has 0 unspecified atom stereocenters. The summed E-state index contributed by atoms with van der Waals surface area (Å²) in [5.74, 6) is 0.833. The maximum absolute atomic E-state index is 12.6. The zero-order chi connectivity index (χ0) is 17.9. The minimum Gasteiger partial charge on any atom is -0.444 e. The van der Waals surface area contributed by atoms with Crippen LogP contribution in [-0.4, -0.2) is 33.9 Å². The number of oxazole rings is 1. The van der Waals surface area contributed by atoms with E-state index in [9.17, 15) is 4.79 Å². The fourth-order valence-electron chi connectivity index (χ4n) is 2.85. The summed E-state index contributed by atoms with van der Waals surface area (Å²) in [4.78, 5) is 27.1. The Bertz CT molecular complexity index is 906. The Morgan fingerprint density at radius 2 is 1.92 bits per heavy atom. The second kappa shape index (κ2) is 7.13. The van der Waals surface area contributed by atoms with E-state index in [1.54, 1.807) is 18.3 Å². The monoisotopic (exact) mass is 369 g/mol. The Morgan fingerprint density at radius 1 is 1.15 bits per heavy atom. The highest BCUT2D eigenvalue weighted by Crippen LogP contribution is 2.23. The molecule has 1 saturated heterocycles. The van der Waals surface area contributed by atoms with Gasteiger partial charge in [0, 0.05) is 24.3 Å². The first-order valence-corrected chi connectivity index (χ1v) is 8.66. The first-order valence-electron chi connectivity index (χ1n) is 8.28. The molecule has 1 aliphatic rings. The van der Waals surface area contributed by atoms with Gasteiger partial charge in [0.15, 0.2) is 17.8 Å². The molecule has 0 radical (unpaired) electrons. The lowest BCUT2D eigenvalue weighted by molar-refractivity contribution is 0.102. The van der Waals surface area contributed by atoms with Gasteiger partial charge in [0.2, 0.25) is 5.95 Å². The summed E-state index contributed by atoms with van der Waals surface area (Å²) in [6, 6.07) is 7.25. The van der Waals surface area contributed by atoms with Crippen LogP contribution in [-0.2, 0) is 0 Å². The van der Waals surface area contributed by atoms with Gasteiger partial charge in [0.25, 0.3) is 5.91 Å². The summed E-state index contributed by atoms with van der Waals surface area (Å²) < 4.78 is 5.25. The van der Waals surface area contributed by atoms with E-state index >= 15 is 0 Å². The number of anilines is 2. The Hall–Kier alpha value is -2.93. The summed E-state index contributed by atoms with van der Waals surface area (Å²) >= 11 is 6.13. The number of rotatable bonds is 4. The Balaban J connectivity index is 1.51. The lowest BCUT2D eigenvalue weighted by Gasteiger charge is -2.16. The number of aromatic nitrogens is 3. The molecule has 1 aromatic carbocycles. The molecule has 4 rings (SSSR count). The van der Waals surface area contributed by atoms with Crippen molar-refractivity contribution in [2.75, 3.05) is 23.3 Å². The van der Waals surface area contributed by atoms with Crippen molar-refractivity contribution in [1.82, 2.24) is 15.0 Å². The number of benzene rings is 1. The quantitative estimate of drug-likeness (QED) is 0.755. The first-order chi connectivity index (χ1) is 12.7. The van der Waals surface area contributed by atoms with Gasteiger partial charge in [-0.15, -0.1) is 0 Å². The van der Waals surface area contributed by atoms with E-state index in [0.29, 0.717) is 17.4 Å². The lowest BCUT2D eigenvalue weighted by atomic mass is 10.1. The number of carbonyl (C=O) groups excluding carboxylic acids is 1. The van der Waals surface area contributed by atoms with E-state index in [1.807, 2.05) is 12.1 Å². The van der Waals surface area contributed by atoms with Crippen molar-refractivity contribution in [2.45, 2.75) is 12.8 Å². The molecular formula is C18H16ClN5O2. The highest BCUT2D eigenvalue weighted by Gasteiger charge is 2.19. The largest absolute Gasteiger partial charge is 0.444 e. The van der Waals surface area contributed by atoms with Crippen LogP contribution in [0, 0.1) is 0 Å². The van der Waals surface area contributed by atoms with E-state index < -0.39 is 0 Å². The minimum absolute atomic E-state index is 0.169. The number of nitrogens with one attached hydrogen (secondary N) is 1. The molecule has 3 aromatic rings. The molecule has 132 valence electrons. The van der Waals surface area contributed by atoms with Crippen LogP contribution in [0.1, 0.15) is 23.3 Å². The second-order valence-corrected chi connectivity index (χ2v) is 6.37. The number of halogens is 1. The van der Waals surface area contributed by atoms with Crippen molar-refractivity contribution in [3.8, 4) is 11.3 Å². The summed E-state index contributed by atoms with van der Waals surface area (Å²) in [6.07, 6.45) is 6.69. The van der Waals surface area contributed by atoms with Crippen molar-refractivity contribution in [3.63, 3.8) is 0 Å². The van der Waals surface area contributed by atoms with Crippen molar-refractivity contribution >= 4 is 29.1 Å². The highest BCUT2D eigenvalue weighted by atomic mass is 35.5. The number of amides is 1. The predicted octanol–water partition coefficient (Wildman–Crippen LogP) is 3.64. The van der Waals surface area contributed by atoms with Crippen LogP contribution in [0.25, 0.3) is 11.3 Å². The van der Waals surface area contributed by atoms with Crippen molar-refractivity contribution < 1.29 is 9.21 Å². The maximum atomic E-state index is 12.6. The first kappa shape index (κ1) is 16.5. The summed E-state index contributed by atoms with van der Waals surface area (Å²) in [5, 5.41) is 3.04. The van der Waals surface area contributed by atoms with Crippen LogP contribution in [0.3, 0.4) is 0 Å². The van der Waals surface area contributed by atoms with Gasteiger partial charge in [0.1, 0.15) is 0 Å². The predicted molar refractivity (Wildman–Crippen MR) is 98.4 cm³/mol. The van der Waals surface area contributed by atoms with E-state index in [-0.39, 0.29) is 16.6 Å². The lowest BCUT2D eigenvalue weighted by Crippen LogP contribution is -2.23. The van der Waals surface area contributed by atoms with E-state index in [0.717, 1.165) is 31.5 Å². The molecule has 0 saturated carbocycles. The molecule has 26 heavy (non-hydrogen) atoms. The molecule has 1 amide bonds. The molecule has 1 fully saturated rings. The molecule has 1 aliphatic heterocycles. The number of carbonyl (C=O) groups is 1. The molecule has 3 heterocycles. The van der Waals surface area contributed by atoms with Gasteiger partial charge in [-0.25, -0.2) is 15.0 Å². The Kier molecular flexibility index (Phi) is 4.53. The zero-order valence-corrected chi connectivity index (χ0v) is 14.6. The Morgan fingerprint density at radius 3 is 2.62 bits per heavy atom. The number of hydrogen-bond donors (Lipinski definition) is 1. The number of hydrogen-bond acceptors (Lipinski definition) is 6. The van der Waals surface area contributed by atoms with E-state index in [1.165, 1.54) is 12.6 Å². The third-order valence-electron chi connectivity index (χ3n) is 4.19. The fraction of sp³-hybridized carbons (Fsp3) is 0.222. The van der Waals surface area contributed by atoms with Gasteiger partial charge >= 0.3 is 0 Å². The van der Waals surface area contributed by atoms with Gasteiger partial charge in [-0.05, 0) is 37.1 Å². The molecule has 7 nitrogen and oxygen atoms in total. The smallest absolute Gasteiger partial charge is 0.276 e. The SMILES string of the molecule is O=C(Nc1ccc(-c2cnco2)cc1)c1nc(N2CCCC2)ncc1Cl. The topological polar surface area (TPSA) is 84.2 Å². The van der Waals surface area contributed by atoms with Crippen molar-refractivity contribution in [3.05, 3.63) is 53.8 Å². The van der Waals surface area contributed by atoms with Crippen LogP contribution >= 0.6 is 11.6 Å². The van der Waals surface area contributed by atoms with Gasteiger partial charge in [-0.1, -0.05) is 11.6 Å².